The first-order chi connectivity index (χ1) is 10.0. The Morgan fingerprint density at radius 2 is 2.14 bits per heavy atom. The summed E-state index contributed by atoms with van der Waals surface area (Å²) in [5, 5.41) is 3.40. The van der Waals surface area contributed by atoms with Gasteiger partial charge in [-0.3, -0.25) is 0 Å². The molecule has 21 heavy (non-hydrogen) atoms. The van der Waals surface area contributed by atoms with E-state index >= 15 is 0 Å². The van der Waals surface area contributed by atoms with Crippen LogP contribution in [0.15, 0.2) is 6.07 Å². The molecule has 1 unspecified atom stereocenters. The highest BCUT2D eigenvalue weighted by Gasteiger charge is 2.25. The fourth-order valence-corrected chi connectivity index (χ4v) is 2.59. The van der Waals surface area contributed by atoms with Crippen LogP contribution in [0.5, 0.6) is 0 Å². The zero-order valence-corrected chi connectivity index (χ0v) is 14.1. The number of hydrogen-bond acceptors (Lipinski definition) is 5. The Morgan fingerprint density at radius 1 is 1.38 bits per heavy atom. The number of nitrogens with one attached hydrogen (secondary N) is 1. The molecule has 1 aliphatic rings. The molecule has 0 bridgehead atoms. The van der Waals surface area contributed by atoms with Crippen LogP contribution < -0.4 is 10.2 Å². The van der Waals surface area contributed by atoms with Crippen LogP contribution in [0.2, 0.25) is 0 Å². The second kappa shape index (κ2) is 7.07. The van der Waals surface area contributed by atoms with Gasteiger partial charge in [0.2, 0.25) is 0 Å². The molecule has 0 amide bonds. The zero-order chi connectivity index (χ0) is 15.4. The smallest absolute Gasteiger partial charge is 0.135 e. The Morgan fingerprint density at radius 3 is 2.71 bits per heavy atom. The fourth-order valence-electron chi connectivity index (χ4n) is 2.59. The number of hydrogen-bond donors (Lipinski definition) is 1. The van der Waals surface area contributed by atoms with E-state index in [9.17, 15) is 0 Å². The van der Waals surface area contributed by atoms with Crippen molar-refractivity contribution < 1.29 is 0 Å². The van der Waals surface area contributed by atoms with Crippen LogP contribution in [0, 0.1) is 0 Å². The van der Waals surface area contributed by atoms with Crippen LogP contribution in [-0.2, 0) is 0 Å². The second-order valence-electron chi connectivity index (χ2n) is 6.40. The molecule has 1 atom stereocenters. The number of rotatable bonds is 6. The van der Waals surface area contributed by atoms with Crippen molar-refractivity contribution >= 4 is 11.6 Å². The summed E-state index contributed by atoms with van der Waals surface area (Å²) in [7, 11) is 4.31. The van der Waals surface area contributed by atoms with Crippen LogP contribution in [0.1, 0.15) is 45.4 Å². The third-order valence-electron chi connectivity index (χ3n) is 4.02. The molecule has 0 aliphatic carbocycles. The predicted molar refractivity (Wildman–Crippen MR) is 89.2 cm³/mol. The highest BCUT2D eigenvalue weighted by molar-refractivity contribution is 5.50. The molecule has 1 aromatic heterocycles. The molecular weight excluding hydrogens is 262 g/mol. The summed E-state index contributed by atoms with van der Waals surface area (Å²) in [4.78, 5) is 14.1. The molecule has 1 aromatic rings. The Hall–Kier alpha value is -1.36. The topological polar surface area (TPSA) is 44.3 Å². The molecule has 5 nitrogen and oxygen atoms in total. The molecule has 2 heterocycles. The molecule has 0 aromatic carbocycles. The van der Waals surface area contributed by atoms with Gasteiger partial charge in [0.1, 0.15) is 17.5 Å². The van der Waals surface area contributed by atoms with Crippen molar-refractivity contribution in [3.8, 4) is 0 Å². The van der Waals surface area contributed by atoms with Gasteiger partial charge in [0.25, 0.3) is 0 Å². The molecule has 0 saturated carbocycles. The average Bonchev–Trinajstić information content (AvgIpc) is 2.94. The fraction of sp³-hybridized carbons (Fsp3) is 0.750. The largest absolute Gasteiger partial charge is 0.370 e. The SMILES string of the molecule is CCCNc1cc(N2CCC(N(C)C)C2)nc(C(C)C)n1. The first-order valence-electron chi connectivity index (χ1n) is 8.05. The molecule has 1 aliphatic heterocycles. The maximum Gasteiger partial charge on any atom is 0.135 e. The Labute approximate surface area is 128 Å². The second-order valence-corrected chi connectivity index (χ2v) is 6.40. The minimum atomic E-state index is 0.347. The highest BCUT2D eigenvalue weighted by Crippen LogP contribution is 2.24. The van der Waals surface area contributed by atoms with E-state index in [-0.39, 0.29) is 0 Å². The van der Waals surface area contributed by atoms with Crippen LogP contribution in [0.4, 0.5) is 11.6 Å². The van der Waals surface area contributed by atoms with Crippen LogP contribution >= 0.6 is 0 Å². The summed E-state index contributed by atoms with van der Waals surface area (Å²) >= 11 is 0. The quantitative estimate of drug-likeness (QED) is 0.872. The van der Waals surface area contributed by atoms with Crippen LogP contribution in [0.3, 0.4) is 0 Å². The number of nitrogens with zero attached hydrogens (tertiary/aromatic N) is 4. The lowest BCUT2D eigenvalue weighted by Crippen LogP contribution is -2.31. The van der Waals surface area contributed by atoms with E-state index in [2.05, 4.69) is 61.0 Å². The van der Waals surface area contributed by atoms with Crippen LogP contribution in [-0.4, -0.2) is 54.6 Å². The van der Waals surface area contributed by atoms with Gasteiger partial charge in [0, 0.05) is 37.7 Å². The zero-order valence-electron chi connectivity index (χ0n) is 14.1. The average molecular weight is 291 g/mol. The van der Waals surface area contributed by atoms with Crippen molar-refractivity contribution in [2.24, 2.45) is 0 Å². The first-order valence-corrected chi connectivity index (χ1v) is 8.05. The van der Waals surface area contributed by atoms with Crippen molar-refractivity contribution in [2.75, 3.05) is 43.9 Å². The number of anilines is 2. The summed E-state index contributed by atoms with van der Waals surface area (Å²) < 4.78 is 0. The Kier molecular flexibility index (Phi) is 5.39. The molecule has 0 radical (unpaired) electrons. The third kappa shape index (κ3) is 4.06. The van der Waals surface area contributed by atoms with Crippen molar-refractivity contribution in [3.63, 3.8) is 0 Å². The van der Waals surface area contributed by atoms with Crippen molar-refractivity contribution in [2.45, 2.75) is 45.6 Å². The summed E-state index contributed by atoms with van der Waals surface area (Å²) in [6, 6.07) is 2.72. The lowest BCUT2D eigenvalue weighted by molar-refractivity contribution is 0.315. The molecular formula is C16H29N5. The predicted octanol–water partition coefficient (Wildman–Crippen LogP) is 2.56. The van der Waals surface area contributed by atoms with Gasteiger partial charge in [-0.05, 0) is 26.9 Å². The molecule has 1 saturated heterocycles. The highest BCUT2D eigenvalue weighted by atomic mass is 15.3. The van der Waals surface area contributed by atoms with Crippen molar-refractivity contribution in [1.82, 2.24) is 14.9 Å². The minimum absolute atomic E-state index is 0.347. The van der Waals surface area contributed by atoms with E-state index in [0.29, 0.717) is 12.0 Å². The van der Waals surface area contributed by atoms with E-state index in [1.165, 1.54) is 6.42 Å². The van der Waals surface area contributed by atoms with Gasteiger partial charge in [-0.15, -0.1) is 0 Å². The molecule has 0 spiro atoms. The molecule has 118 valence electrons. The third-order valence-corrected chi connectivity index (χ3v) is 4.02. The van der Waals surface area contributed by atoms with Gasteiger partial charge < -0.3 is 15.1 Å². The molecule has 2 rings (SSSR count). The van der Waals surface area contributed by atoms with E-state index in [1.54, 1.807) is 0 Å². The lowest BCUT2D eigenvalue weighted by atomic mass is 10.2. The summed E-state index contributed by atoms with van der Waals surface area (Å²) in [6.07, 6.45) is 2.30. The molecule has 5 heteroatoms. The van der Waals surface area contributed by atoms with E-state index in [1.807, 2.05) is 0 Å². The summed E-state index contributed by atoms with van der Waals surface area (Å²) in [5.41, 5.74) is 0. The maximum absolute atomic E-state index is 4.77. The normalized spacial score (nSPS) is 18.8. The van der Waals surface area contributed by atoms with Gasteiger partial charge in [-0.2, -0.15) is 0 Å². The van der Waals surface area contributed by atoms with Gasteiger partial charge in [-0.25, -0.2) is 9.97 Å². The van der Waals surface area contributed by atoms with E-state index < -0.39 is 0 Å². The molecule has 1 N–H and O–H groups in total. The number of likely N-dealkylation sites (N-methyl/N-ethyl adjacent to an activating group) is 1. The van der Waals surface area contributed by atoms with Gasteiger partial charge in [0.15, 0.2) is 0 Å². The lowest BCUT2D eigenvalue weighted by Gasteiger charge is -2.22. The van der Waals surface area contributed by atoms with Crippen LogP contribution in [0.25, 0.3) is 0 Å². The molecule has 1 fully saturated rings. The van der Waals surface area contributed by atoms with E-state index in [4.69, 9.17) is 4.98 Å². The monoisotopic (exact) mass is 291 g/mol. The summed E-state index contributed by atoms with van der Waals surface area (Å²) in [6.45, 7) is 9.54. The van der Waals surface area contributed by atoms with Crippen molar-refractivity contribution in [1.29, 1.82) is 0 Å². The number of aromatic nitrogens is 2. The van der Waals surface area contributed by atoms with Gasteiger partial charge in [0.05, 0.1) is 0 Å². The van der Waals surface area contributed by atoms with Gasteiger partial charge in [-0.1, -0.05) is 20.8 Å². The van der Waals surface area contributed by atoms with Crippen molar-refractivity contribution in [3.05, 3.63) is 11.9 Å². The van der Waals surface area contributed by atoms with E-state index in [0.717, 1.165) is 43.5 Å². The first kappa shape index (κ1) is 16.0. The minimum Gasteiger partial charge on any atom is -0.370 e. The maximum atomic E-state index is 4.77. The summed E-state index contributed by atoms with van der Waals surface area (Å²) in [5.74, 6) is 3.30. The van der Waals surface area contributed by atoms with Gasteiger partial charge >= 0.3 is 0 Å². The standard InChI is InChI=1S/C16H29N5/c1-6-8-17-14-10-15(19-16(18-14)12(2)3)21-9-7-13(11-21)20(4)5/h10,12-13H,6-9,11H2,1-5H3,(H,17,18,19). The Balaban J connectivity index is 2.19. The Bertz CT molecular complexity index is 458.